The van der Waals surface area contributed by atoms with Crippen molar-refractivity contribution in [2.75, 3.05) is 30.4 Å². The van der Waals surface area contributed by atoms with E-state index in [0.29, 0.717) is 23.5 Å². The number of ether oxygens (including phenoxy) is 1. The minimum Gasteiger partial charge on any atom is -0.497 e. The molecule has 0 radical (unpaired) electrons. The van der Waals surface area contributed by atoms with Crippen LogP contribution in [-0.4, -0.2) is 37.0 Å². The molecule has 2 amide bonds. The molecule has 4 rings (SSSR count). The summed E-state index contributed by atoms with van der Waals surface area (Å²) in [6, 6.07) is 14.8. The van der Waals surface area contributed by atoms with Crippen LogP contribution < -0.4 is 20.3 Å². The maximum atomic E-state index is 12.7. The van der Waals surface area contributed by atoms with Crippen molar-refractivity contribution < 1.29 is 14.3 Å². The van der Waals surface area contributed by atoms with E-state index in [4.69, 9.17) is 4.74 Å². The molecule has 7 nitrogen and oxygen atoms in total. The van der Waals surface area contributed by atoms with Crippen LogP contribution in [0.3, 0.4) is 0 Å². The molecular weight excluding hydrogens is 424 g/mol. The highest BCUT2D eigenvalue weighted by Crippen LogP contribution is 2.24. The van der Waals surface area contributed by atoms with Crippen molar-refractivity contribution in [1.29, 1.82) is 0 Å². The number of amides is 2. The van der Waals surface area contributed by atoms with Gasteiger partial charge in [-0.2, -0.15) is 0 Å². The fourth-order valence-corrected chi connectivity index (χ4v) is 4.38. The summed E-state index contributed by atoms with van der Waals surface area (Å²) in [5, 5.41) is 7.95. The molecule has 1 fully saturated rings. The number of anilines is 2. The number of nitrogens with zero attached hydrogens (tertiary/aromatic N) is 2. The first-order valence-corrected chi connectivity index (χ1v) is 11.5. The van der Waals surface area contributed by atoms with Gasteiger partial charge in [0, 0.05) is 47.4 Å². The van der Waals surface area contributed by atoms with Gasteiger partial charge in [-0.25, -0.2) is 4.98 Å². The van der Waals surface area contributed by atoms with E-state index >= 15 is 0 Å². The van der Waals surface area contributed by atoms with Crippen molar-refractivity contribution in [2.45, 2.75) is 19.4 Å². The number of carbonyl (C=O) groups excluding carboxylic acids is 2. The van der Waals surface area contributed by atoms with Gasteiger partial charge in [-0.1, -0.05) is 12.1 Å². The summed E-state index contributed by atoms with van der Waals surface area (Å²) in [5.74, 6) is 1.34. The molecule has 2 N–H and O–H groups in total. The van der Waals surface area contributed by atoms with Gasteiger partial charge in [0.2, 0.25) is 5.91 Å². The van der Waals surface area contributed by atoms with Crippen LogP contribution in [0.1, 0.15) is 28.1 Å². The number of piperidine rings is 1. The summed E-state index contributed by atoms with van der Waals surface area (Å²) < 4.78 is 5.20. The maximum Gasteiger partial charge on any atom is 0.255 e. The van der Waals surface area contributed by atoms with Crippen LogP contribution in [-0.2, 0) is 11.3 Å². The van der Waals surface area contributed by atoms with E-state index in [2.05, 4.69) is 20.5 Å². The molecule has 0 spiro atoms. The zero-order chi connectivity index (χ0) is 22.3. The van der Waals surface area contributed by atoms with E-state index in [1.165, 1.54) is 0 Å². The fourth-order valence-electron chi connectivity index (χ4n) is 3.74. The molecule has 0 bridgehead atoms. The molecule has 0 atom stereocenters. The highest BCUT2D eigenvalue weighted by molar-refractivity contribution is 7.09. The molecule has 1 saturated heterocycles. The molecule has 2 aromatic heterocycles. The van der Waals surface area contributed by atoms with Crippen molar-refractivity contribution in [3.05, 3.63) is 70.5 Å². The van der Waals surface area contributed by atoms with Crippen molar-refractivity contribution in [2.24, 2.45) is 5.92 Å². The van der Waals surface area contributed by atoms with Crippen LogP contribution >= 0.6 is 11.3 Å². The summed E-state index contributed by atoms with van der Waals surface area (Å²) in [6.07, 6.45) is 3.17. The van der Waals surface area contributed by atoms with Crippen LogP contribution in [0.5, 0.6) is 5.75 Å². The molecule has 3 aromatic rings. The van der Waals surface area contributed by atoms with Crippen LogP contribution in [0.2, 0.25) is 0 Å². The Kier molecular flexibility index (Phi) is 7.01. The molecule has 1 aliphatic heterocycles. The highest BCUT2D eigenvalue weighted by Gasteiger charge is 2.26. The second-order valence-electron chi connectivity index (χ2n) is 7.65. The summed E-state index contributed by atoms with van der Waals surface area (Å²) in [6.45, 7) is 2.04. The van der Waals surface area contributed by atoms with Gasteiger partial charge in [-0.05, 0) is 48.6 Å². The normalized spacial score (nSPS) is 14.1. The average molecular weight is 451 g/mol. The number of nitrogens with one attached hydrogen (secondary N) is 2. The van der Waals surface area contributed by atoms with E-state index in [9.17, 15) is 9.59 Å². The van der Waals surface area contributed by atoms with Crippen LogP contribution in [0.15, 0.2) is 60.1 Å². The number of hydrogen-bond acceptors (Lipinski definition) is 6. The number of rotatable bonds is 7. The Hall–Kier alpha value is -3.39. The summed E-state index contributed by atoms with van der Waals surface area (Å²) >= 11 is 1.64. The van der Waals surface area contributed by atoms with E-state index in [1.807, 2.05) is 35.7 Å². The van der Waals surface area contributed by atoms with Crippen LogP contribution in [0.25, 0.3) is 0 Å². The van der Waals surface area contributed by atoms with Crippen molar-refractivity contribution in [3.8, 4) is 5.75 Å². The second kappa shape index (κ2) is 10.3. The van der Waals surface area contributed by atoms with Gasteiger partial charge in [-0.3, -0.25) is 9.59 Å². The first-order valence-electron chi connectivity index (χ1n) is 10.6. The average Bonchev–Trinajstić information content (AvgIpc) is 3.36. The number of aromatic nitrogens is 1. The van der Waals surface area contributed by atoms with E-state index in [0.717, 1.165) is 36.6 Å². The molecule has 8 heteroatoms. The topological polar surface area (TPSA) is 83.6 Å². The quantitative estimate of drug-likeness (QED) is 0.570. The molecular formula is C24H26N4O3S. The monoisotopic (exact) mass is 450 g/mol. The Morgan fingerprint density at radius 1 is 1.16 bits per heavy atom. The minimum absolute atomic E-state index is 0.00533. The number of pyridine rings is 1. The summed E-state index contributed by atoms with van der Waals surface area (Å²) in [5.41, 5.74) is 1.20. The number of thiophene rings is 1. The predicted octanol–water partition coefficient (Wildman–Crippen LogP) is 3.94. The number of benzene rings is 1. The molecule has 0 saturated carbocycles. The van der Waals surface area contributed by atoms with Crippen LogP contribution in [0, 0.1) is 5.92 Å². The van der Waals surface area contributed by atoms with Gasteiger partial charge in [0.1, 0.15) is 11.6 Å². The minimum atomic E-state index is -0.204. The van der Waals surface area contributed by atoms with Gasteiger partial charge < -0.3 is 20.3 Å². The zero-order valence-corrected chi connectivity index (χ0v) is 18.7. The highest BCUT2D eigenvalue weighted by atomic mass is 32.1. The van der Waals surface area contributed by atoms with Gasteiger partial charge in [0.05, 0.1) is 13.7 Å². The van der Waals surface area contributed by atoms with Crippen molar-refractivity contribution >= 4 is 34.7 Å². The van der Waals surface area contributed by atoms with Gasteiger partial charge in [-0.15, -0.1) is 11.3 Å². The first-order chi connectivity index (χ1) is 15.6. The van der Waals surface area contributed by atoms with E-state index in [1.54, 1.807) is 42.8 Å². The lowest BCUT2D eigenvalue weighted by Gasteiger charge is -2.32. The molecule has 1 aromatic carbocycles. The standard InChI is InChI=1S/C24H26N4O3S/c1-31-20-5-2-4-19(15-20)27-24(30)18-7-10-25-22(14-18)28-11-8-17(9-12-28)23(29)26-16-21-6-3-13-32-21/h2-7,10,13-15,17H,8-9,11-12,16H2,1H3,(H,26,29)(H,27,30). The SMILES string of the molecule is COc1cccc(NC(=O)c2ccnc(N3CCC(C(=O)NCc4cccs4)CC3)c2)c1. The predicted molar refractivity (Wildman–Crippen MR) is 126 cm³/mol. The number of hydrogen-bond donors (Lipinski definition) is 2. The molecule has 1 aliphatic rings. The molecule has 166 valence electrons. The van der Waals surface area contributed by atoms with Crippen molar-refractivity contribution in [1.82, 2.24) is 10.3 Å². The zero-order valence-electron chi connectivity index (χ0n) is 17.9. The van der Waals surface area contributed by atoms with E-state index < -0.39 is 0 Å². The summed E-state index contributed by atoms with van der Waals surface area (Å²) in [4.78, 5) is 32.9. The number of methoxy groups -OCH3 is 1. The Morgan fingerprint density at radius 2 is 2.00 bits per heavy atom. The smallest absolute Gasteiger partial charge is 0.255 e. The molecule has 0 aliphatic carbocycles. The lowest BCUT2D eigenvalue weighted by molar-refractivity contribution is -0.125. The lowest BCUT2D eigenvalue weighted by Crippen LogP contribution is -2.40. The third kappa shape index (κ3) is 5.45. The lowest BCUT2D eigenvalue weighted by atomic mass is 9.96. The van der Waals surface area contributed by atoms with Gasteiger partial charge >= 0.3 is 0 Å². The van der Waals surface area contributed by atoms with E-state index in [-0.39, 0.29) is 17.7 Å². The third-order valence-corrected chi connectivity index (χ3v) is 6.42. The Bertz CT molecular complexity index is 1060. The fraction of sp³-hybridized carbons (Fsp3) is 0.292. The maximum absolute atomic E-state index is 12.7. The first kappa shape index (κ1) is 21.8. The largest absolute Gasteiger partial charge is 0.497 e. The Morgan fingerprint density at radius 3 is 2.75 bits per heavy atom. The molecule has 32 heavy (non-hydrogen) atoms. The van der Waals surface area contributed by atoms with Crippen molar-refractivity contribution in [3.63, 3.8) is 0 Å². The summed E-state index contributed by atoms with van der Waals surface area (Å²) in [7, 11) is 1.59. The van der Waals surface area contributed by atoms with Crippen LogP contribution in [0.4, 0.5) is 11.5 Å². The van der Waals surface area contributed by atoms with Gasteiger partial charge in [0.15, 0.2) is 0 Å². The van der Waals surface area contributed by atoms with Gasteiger partial charge in [0.25, 0.3) is 5.91 Å². The number of carbonyl (C=O) groups is 2. The second-order valence-corrected chi connectivity index (χ2v) is 8.68. The third-order valence-electron chi connectivity index (χ3n) is 5.54. The molecule has 0 unspecified atom stereocenters. The Labute approximate surface area is 191 Å². The molecule has 3 heterocycles. The Balaban J connectivity index is 1.32.